The molecule has 2 heterocycles. The molecule has 0 aliphatic heterocycles. The maximum Gasteiger partial charge on any atom is 0.165 e. The third-order valence-corrected chi connectivity index (χ3v) is 4.89. The van der Waals surface area contributed by atoms with Crippen molar-refractivity contribution in [2.24, 2.45) is 7.05 Å². The van der Waals surface area contributed by atoms with Crippen LogP contribution in [0, 0.1) is 5.82 Å². The molecule has 0 aliphatic rings. The molecule has 0 fully saturated rings. The Morgan fingerprint density at radius 2 is 1.86 bits per heavy atom. The summed E-state index contributed by atoms with van der Waals surface area (Å²) in [7, 11) is 3.36. The lowest BCUT2D eigenvalue weighted by Gasteiger charge is -2.17. The highest BCUT2D eigenvalue weighted by atomic mass is 19.1. The van der Waals surface area contributed by atoms with Gasteiger partial charge in [0.25, 0.3) is 0 Å². The lowest BCUT2D eigenvalue weighted by Crippen LogP contribution is -2.07. The van der Waals surface area contributed by atoms with Crippen LogP contribution in [0.5, 0.6) is 5.75 Å². The second-order valence-electron chi connectivity index (χ2n) is 6.69. The Kier molecular flexibility index (Phi) is 4.69. The molecule has 142 valence electrons. The zero-order valence-electron chi connectivity index (χ0n) is 16.0. The standard InChI is InChI=1S/C22H21FN4O/c1-15(18-12-25-26(2)13-18)27-14-24-21(16-7-5-4-6-8-16)22(27)17-9-10-19(23)20(11-17)28-3/h4-15H,1-3H3/t15-/m1/s1. The van der Waals surface area contributed by atoms with Gasteiger partial charge in [0.15, 0.2) is 11.6 Å². The summed E-state index contributed by atoms with van der Waals surface area (Å²) >= 11 is 0. The van der Waals surface area contributed by atoms with E-state index in [4.69, 9.17) is 9.72 Å². The molecule has 0 bridgehead atoms. The topological polar surface area (TPSA) is 44.9 Å². The minimum Gasteiger partial charge on any atom is -0.494 e. The van der Waals surface area contributed by atoms with Crippen LogP contribution >= 0.6 is 0 Å². The second kappa shape index (κ2) is 7.31. The number of halogens is 1. The van der Waals surface area contributed by atoms with Gasteiger partial charge < -0.3 is 9.30 Å². The average Bonchev–Trinajstić information content (AvgIpc) is 3.35. The van der Waals surface area contributed by atoms with E-state index < -0.39 is 0 Å². The third kappa shape index (κ3) is 3.17. The van der Waals surface area contributed by atoms with Crippen LogP contribution < -0.4 is 4.74 Å². The first-order valence-electron chi connectivity index (χ1n) is 9.03. The Hall–Kier alpha value is -3.41. The molecule has 0 radical (unpaired) electrons. The number of aromatic nitrogens is 4. The molecule has 4 aromatic rings. The number of methoxy groups -OCH3 is 1. The maximum atomic E-state index is 14.0. The fourth-order valence-electron chi connectivity index (χ4n) is 3.37. The Labute approximate surface area is 163 Å². The van der Waals surface area contributed by atoms with Gasteiger partial charge in [0.05, 0.1) is 37.1 Å². The van der Waals surface area contributed by atoms with E-state index in [-0.39, 0.29) is 17.6 Å². The zero-order valence-corrected chi connectivity index (χ0v) is 16.0. The normalized spacial score (nSPS) is 12.1. The highest BCUT2D eigenvalue weighted by Crippen LogP contribution is 2.36. The molecule has 0 aliphatic carbocycles. The van der Waals surface area contributed by atoms with Crippen LogP contribution in [0.25, 0.3) is 22.5 Å². The van der Waals surface area contributed by atoms with Gasteiger partial charge in [-0.05, 0) is 25.1 Å². The van der Waals surface area contributed by atoms with Crippen LogP contribution in [0.15, 0.2) is 67.3 Å². The quantitative estimate of drug-likeness (QED) is 0.507. The monoisotopic (exact) mass is 376 g/mol. The van der Waals surface area contributed by atoms with Crippen LogP contribution in [-0.2, 0) is 7.05 Å². The molecule has 4 rings (SSSR count). The van der Waals surface area contributed by atoms with E-state index >= 15 is 0 Å². The van der Waals surface area contributed by atoms with Gasteiger partial charge in [-0.25, -0.2) is 9.37 Å². The Morgan fingerprint density at radius 1 is 1.07 bits per heavy atom. The lowest BCUT2D eigenvalue weighted by molar-refractivity contribution is 0.386. The molecule has 0 N–H and O–H groups in total. The SMILES string of the molecule is COc1cc(-c2c(-c3ccccc3)ncn2[C@H](C)c2cnn(C)c2)ccc1F. The van der Waals surface area contributed by atoms with Crippen molar-refractivity contribution in [3.05, 3.63) is 78.6 Å². The number of benzene rings is 2. The molecule has 0 amide bonds. The fourth-order valence-corrected chi connectivity index (χ4v) is 3.37. The summed E-state index contributed by atoms with van der Waals surface area (Å²) in [5, 5.41) is 4.28. The van der Waals surface area contributed by atoms with Gasteiger partial charge in [-0.1, -0.05) is 30.3 Å². The van der Waals surface area contributed by atoms with Gasteiger partial charge in [-0.15, -0.1) is 0 Å². The summed E-state index contributed by atoms with van der Waals surface area (Å²) in [6.07, 6.45) is 5.66. The van der Waals surface area contributed by atoms with E-state index in [0.717, 1.165) is 28.1 Å². The van der Waals surface area contributed by atoms with Gasteiger partial charge in [0.1, 0.15) is 0 Å². The Morgan fingerprint density at radius 3 is 2.54 bits per heavy atom. The molecule has 0 saturated carbocycles. The predicted molar refractivity (Wildman–Crippen MR) is 107 cm³/mol. The molecule has 28 heavy (non-hydrogen) atoms. The summed E-state index contributed by atoms with van der Waals surface area (Å²) in [6.45, 7) is 2.09. The van der Waals surface area contributed by atoms with Crippen molar-refractivity contribution in [2.75, 3.05) is 7.11 Å². The molecule has 5 nitrogen and oxygen atoms in total. The molecular formula is C22H21FN4O. The first kappa shape index (κ1) is 18.0. The first-order valence-corrected chi connectivity index (χ1v) is 9.03. The molecule has 0 spiro atoms. The van der Waals surface area contributed by atoms with Crippen molar-refractivity contribution in [1.29, 1.82) is 0 Å². The van der Waals surface area contributed by atoms with Crippen LogP contribution in [0.3, 0.4) is 0 Å². The van der Waals surface area contributed by atoms with Crippen LogP contribution in [0.2, 0.25) is 0 Å². The van der Waals surface area contributed by atoms with E-state index in [1.165, 1.54) is 13.2 Å². The average molecular weight is 376 g/mol. The fraction of sp³-hybridized carbons (Fsp3) is 0.182. The number of hydrogen-bond donors (Lipinski definition) is 0. The number of ether oxygens (including phenoxy) is 1. The molecule has 2 aromatic carbocycles. The Bertz CT molecular complexity index is 1100. The number of aryl methyl sites for hydroxylation is 1. The number of rotatable bonds is 5. The highest BCUT2D eigenvalue weighted by molar-refractivity contribution is 5.79. The van der Waals surface area contributed by atoms with Crippen LogP contribution in [0.4, 0.5) is 4.39 Å². The second-order valence-corrected chi connectivity index (χ2v) is 6.69. The maximum absolute atomic E-state index is 14.0. The summed E-state index contributed by atoms with van der Waals surface area (Å²) in [5.41, 5.74) is 4.64. The van der Waals surface area contributed by atoms with E-state index in [1.54, 1.807) is 16.8 Å². The summed E-state index contributed by atoms with van der Waals surface area (Å²) in [5.74, 6) is -0.183. The third-order valence-electron chi connectivity index (χ3n) is 4.89. The number of hydrogen-bond acceptors (Lipinski definition) is 3. The molecule has 0 saturated heterocycles. The van der Waals surface area contributed by atoms with Crippen molar-refractivity contribution in [3.63, 3.8) is 0 Å². The minimum absolute atomic E-state index is 0.00436. The van der Waals surface area contributed by atoms with Crippen LogP contribution in [0.1, 0.15) is 18.5 Å². The summed E-state index contributed by atoms with van der Waals surface area (Å²) in [4.78, 5) is 4.70. The highest BCUT2D eigenvalue weighted by Gasteiger charge is 2.21. The summed E-state index contributed by atoms with van der Waals surface area (Å²) in [6, 6.07) is 14.9. The molecule has 1 atom stereocenters. The summed E-state index contributed by atoms with van der Waals surface area (Å²) < 4.78 is 23.1. The van der Waals surface area contributed by atoms with Gasteiger partial charge in [0.2, 0.25) is 0 Å². The first-order chi connectivity index (χ1) is 13.6. The van der Waals surface area contributed by atoms with E-state index in [1.807, 2.05) is 56.1 Å². The lowest BCUT2D eigenvalue weighted by atomic mass is 10.0. The molecule has 0 unspecified atom stereocenters. The van der Waals surface area contributed by atoms with E-state index in [0.29, 0.717) is 0 Å². The van der Waals surface area contributed by atoms with Crippen molar-refractivity contribution in [2.45, 2.75) is 13.0 Å². The van der Waals surface area contributed by atoms with Gasteiger partial charge in [-0.2, -0.15) is 5.10 Å². The molecule has 6 heteroatoms. The minimum atomic E-state index is -0.390. The van der Waals surface area contributed by atoms with Crippen molar-refractivity contribution in [3.8, 4) is 28.3 Å². The van der Waals surface area contributed by atoms with Gasteiger partial charge in [0, 0.05) is 29.9 Å². The predicted octanol–water partition coefficient (Wildman–Crippen LogP) is 4.71. The van der Waals surface area contributed by atoms with Crippen molar-refractivity contribution in [1.82, 2.24) is 19.3 Å². The van der Waals surface area contributed by atoms with Crippen molar-refractivity contribution < 1.29 is 9.13 Å². The van der Waals surface area contributed by atoms with Gasteiger partial charge >= 0.3 is 0 Å². The smallest absolute Gasteiger partial charge is 0.165 e. The number of imidazole rings is 1. The molecular weight excluding hydrogens is 355 g/mol. The zero-order chi connectivity index (χ0) is 19.7. The van der Waals surface area contributed by atoms with Crippen molar-refractivity contribution >= 4 is 0 Å². The largest absolute Gasteiger partial charge is 0.494 e. The van der Waals surface area contributed by atoms with E-state index in [2.05, 4.69) is 16.6 Å². The van der Waals surface area contributed by atoms with Crippen LogP contribution in [-0.4, -0.2) is 26.4 Å². The Balaban J connectivity index is 1.92. The number of nitrogens with zero attached hydrogens (tertiary/aromatic N) is 4. The molecule has 2 aromatic heterocycles. The van der Waals surface area contributed by atoms with Gasteiger partial charge in [-0.3, -0.25) is 4.68 Å². The van der Waals surface area contributed by atoms with E-state index in [9.17, 15) is 4.39 Å².